The van der Waals surface area contributed by atoms with Gasteiger partial charge in [0.1, 0.15) is 0 Å². The smallest absolute Gasteiger partial charge is 0.223 e. The summed E-state index contributed by atoms with van der Waals surface area (Å²) in [6, 6.07) is 0. The number of rotatable bonds is 4. The maximum absolute atomic E-state index is 11.8. The first-order valence-electron chi connectivity index (χ1n) is 5.64. The highest BCUT2D eigenvalue weighted by Crippen LogP contribution is 2.19. The number of nitrogens with one attached hydrogen (secondary N) is 1. The van der Waals surface area contributed by atoms with Crippen molar-refractivity contribution in [3.05, 3.63) is 18.2 Å². The second-order valence-electron chi connectivity index (χ2n) is 4.10. The molecular formula is C11H16ClN3O. The topological polar surface area (TPSA) is 46.9 Å². The largest absolute Gasteiger partial charge is 0.356 e. The fraction of sp³-hybridized carbons (Fsp3) is 0.636. The molecule has 5 heteroatoms. The van der Waals surface area contributed by atoms with Gasteiger partial charge in [0.2, 0.25) is 5.91 Å². The fourth-order valence-corrected chi connectivity index (χ4v) is 2.15. The Bertz CT molecular complexity index is 364. The van der Waals surface area contributed by atoms with E-state index in [0.29, 0.717) is 12.4 Å². The van der Waals surface area contributed by atoms with Gasteiger partial charge in [-0.3, -0.25) is 4.79 Å². The number of hydrogen-bond acceptors (Lipinski definition) is 2. The molecule has 0 saturated carbocycles. The van der Waals surface area contributed by atoms with Gasteiger partial charge in [-0.05, 0) is 12.8 Å². The van der Waals surface area contributed by atoms with Crippen molar-refractivity contribution in [1.29, 1.82) is 0 Å². The third kappa shape index (κ3) is 2.55. The number of carbonyl (C=O) groups excluding carboxylic acids is 1. The first kappa shape index (κ1) is 11.5. The Balaban J connectivity index is 1.86. The minimum Gasteiger partial charge on any atom is -0.356 e. The minimum absolute atomic E-state index is 0.0968. The number of imidazole rings is 1. The van der Waals surface area contributed by atoms with Crippen molar-refractivity contribution in [3.63, 3.8) is 0 Å². The van der Waals surface area contributed by atoms with E-state index in [-0.39, 0.29) is 11.8 Å². The van der Waals surface area contributed by atoms with Crippen LogP contribution in [0.2, 0.25) is 0 Å². The van der Waals surface area contributed by atoms with Crippen molar-refractivity contribution in [2.45, 2.75) is 25.8 Å². The van der Waals surface area contributed by atoms with E-state index in [2.05, 4.69) is 14.9 Å². The summed E-state index contributed by atoms with van der Waals surface area (Å²) in [5.74, 6) is 0.842. The molecule has 1 aliphatic rings. The second-order valence-corrected chi connectivity index (χ2v) is 4.48. The number of halogens is 1. The van der Waals surface area contributed by atoms with E-state index in [9.17, 15) is 4.79 Å². The van der Waals surface area contributed by atoms with E-state index in [1.165, 1.54) is 0 Å². The van der Waals surface area contributed by atoms with Crippen LogP contribution in [0.25, 0.3) is 0 Å². The van der Waals surface area contributed by atoms with Gasteiger partial charge in [-0.15, -0.1) is 11.6 Å². The number of alkyl halides is 1. The van der Waals surface area contributed by atoms with Gasteiger partial charge in [0.15, 0.2) is 0 Å². The van der Waals surface area contributed by atoms with Crippen molar-refractivity contribution in [1.82, 2.24) is 14.9 Å². The number of aromatic nitrogens is 2. The molecule has 4 nitrogen and oxygen atoms in total. The summed E-state index contributed by atoms with van der Waals surface area (Å²) in [5, 5.41) is 2.92. The van der Waals surface area contributed by atoms with Crippen LogP contribution in [-0.4, -0.2) is 27.9 Å². The summed E-state index contributed by atoms with van der Waals surface area (Å²) >= 11 is 5.56. The van der Waals surface area contributed by atoms with Gasteiger partial charge in [-0.1, -0.05) is 0 Å². The SMILES string of the molecule is O=C(NCCCCl)C1CCn2cncc2C1. The quantitative estimate of drug-likeness (QED) is 0.636. The van der Waals surface area contributed by atoms with E-state index < -0.39 is 0 Å². The summed E-state index contributed by atoms with van der Waals surface area (Å²) in [5.41, 5.74) is 1.16. The van der Waals surface area contributed by atoms with Crippen molar-refractivity contribution in [2.24, 2.45) is 5.92 Å². The first-order chi connectivity index (χ1) is 7.81. The Morgan fingerprint density at radius 3 is 3.38 bits per heavy atom. The molecule has 16 heavy (non-hydrogen) atoms. The van der Waals surface area contributed by atoms with Gasteiger partial charge in [0, 0.05) is 43.2 Å². The van der Waals surface area contributed by atoms with Gasteiger partial charge in [-0.2, -0.15) is 0 Å². The Labute approximate surface area is 100.0 Å². The molecule has 0 saturated heterocycles. The number of aryl methyl sites for hydroxylation is 1. The number of nitrogens with zero attached hydrogens (tertiary/aromatic N) is 2. The Hall–Kier alpha value is -1.03. The molecule has 1 atom stereocenters. The highest BCUT2D eigenvalue weighted by Gasteiger charge is 2.24. The maximum atomic E-state index is 11.8. The molecule has 2 rings (SSSR count). The molecule has 0 fully saturated rings. The second kappa shape index (κ2) is 5.34. The van der Waals surface area contributed by atoms with E-state index in [4.69, 9.17) is 11.6 Å². The normalized spacial score (nSPS) is 19.2. The molecule has 1 amide bonds. The summed E-state index contributed by atoms with van der Waals surface area (Å²) < 4.78 is 2.11. The van der Waals surface area contributed by atoms with Crippen LogP contribution in [0, 0.1) is 5.92 Å². The van der Waals surface area contributed by atoms with Gasteiger partial charge < -0.3 is 9.88 Å². The first-order valence-corrected chi connectivity index (χ1v) is 6.17. The molecule has 0 spiro atoms. The monoisotopic (exact) mass is 241 g/mol. The average molecular weight is 242 g/mol. The average Bonchev–Trinajstić information content (AvgIpc) is 2.76. The highest BCUT2D eigenvalue weighted by molar-refractivity contribution is 6.17. The van der Waals surface area contributed by atoms with Crippen LogP contribution in [0.5, 0.6) is 0 Å². The number of carbonyl (C=O) groups is 1. The van der Waals surface area contributed by atoms with Gasteiger partial charge in [-0.25, -0.2) is 4.98 Å². The zero-order valence-electron chi connectivity index (χ0n) is 9.16. The fourth-order valence-electron chi connectivity index (χ4n) is 2.02. The standard InChI is InChI=1S/C11H16ClN3O/c12-3-1-4-14-11(16)9-2-5-15-8-13-7-10(15)6-9/h7-9H,1-6H2,(H,14,16). The molecule has 0 bridgehead atoms. The molecule has 2 heterocycles. The number of hydrogen-bond donors (Lipinski definition) is 1. The van der Waals surface area contributed by atoms with Crippen LogP contribution < -0.4 is 5.32 Å². The molecule has 0 radical (unpaired) electrons. The Kier molecular flexibility index (Phi) is 3.83. The molecule has 1 unspecified atom stereocenters. The molecule has 88 valence electrons. The van der Waals surface area contributed by atoms with E-state index >= 15 is 0 Å². The van der Waals surface area contributed by atoms with Crippen LogP contribution in [0.1, 0.15) is 18.5 Å². The third-order valence-electron chi connectivity index (χ3n) is 2.95. The zero-order valence-corrected chi connectivity index (χ0v) is 9.91. The van der Waals surface area contributed by atoms with Crippen molar-refractivity contribution in [2.75, 3.05) is 12.4 Å². The lowest BCUT2D eigenvalue weighted by molar-refractivity contribution is -0.125. The van der Waals surface area contributed by atoms with Crippen LogP contribution in [0.3, 0.4) is 0 Å². The van der Waals surface area contributed by atoms with Crippen LogP contribution in [-0.2, 0) is 17.8 Å². The summed E-state index contributed by atoms with van der Waals surface area (Å²) in [6.45, 7) is 1.57. The van der Waals surface area contributed by atoms with E-state index in [0.717, 1.165) is 31.5 Å². The molecule has 1 aliphatic heterocycles. The lowest BCUT2D eigenvalue weighted by Gasteiger charge is -2.22. The maximum Gasteiger partial charge on any atom is 0.223 e. The molecule has 0 aliphatic carbocycles. The molecule has 0 aromatic carbocycles. The predicted octanol–water partition coefficient (Wildman–Crippen LogP) is 1.19. The Morgan fingerprint density at radius 2 is 2.56 bits per heavy atom. The zero-order chi connectivity index (χ0) is 11.4. The minimum atomic E-state index is 0.0968. The lowest BCUT2D eigenvalue weighted by atomic mass is 9.95. The summed E-state index contributed by atoms with van der Waals surface area (Å²) in [7, 11) is 0. The van der Waals surface area contributed by atoms with Crippen molar-refractivity contribution >= 4 is 17.5 Å². The van der Waals surface area contributed by atoms with Gasteiger partial charge in [0.25, 0.3) is 0 Å². The molecule has 1 aromatic rings. The molecule has 1 aromatic heterocycles. The summed E-state index contributed by atoms with van der Waals surface area (Å²) in [4.78, 5) is 15.9. The molecular weight excluding hydrogens is 226 g/mol. The van der Waals surface area contributed by atoms with Crippen LogP contribution >= 0.6 is 11.6 Å². The number of fused-ring (bicyclic) bond motifs is 1. The van der Waals surface area contributed by atoms with Gasteiger partial charge >= 0.3 is 0 Å². The van der Waals surface area contributed by atoms with E-state index in [1.54, 1.807) is 0 Å². The van der Waals surface area contributed by atoms with Crippen molar-refractivity contribution in [3.8, 4) is 0 Å². The Morgan fingerprint density at radius 1 is 1.69 bits per heavy atom. The van der Waals surface area contributed by atoms with Gasteiger partial charge in [0.05, 0.1) is 6.33 Å². The van der Waals surface area contributed by atoms with Crippen molar-refractivity contribution < 1.29 is 4.79 Å². The molecule has 1 N–H and O–H groups in total. The predicted molar refractivity (Wildman–Crippen MR) is 62.4 cm³/mol. The van der Waals surface area contributed by atoms with Crippen LogP contribution in [0.4, 0.5) is 0 Å². The number of amides is 1. The third-order valence-corrected chi connectivity index (χ3v) is 3.22. The van der Waals surface area contributed by atoms with E-state index in [1.807, 2.05) is 12.5 Å². The lowest BCUT2D eigenvalue weighted by Crippen LogP contribution is -2.35. The van der Waals surface area contributed by atoms with Crippen LogP contribution in [0.15, 0.2) is 12.5 Å². The summed E-state index contributed by atoms with van der Waals surface area (Å²) in [6.07, 6.45) is 6.20. The highest BCUT2D eigenvalue weighted by atomic mass is 35.5.